The minimum atomic E-state index is -0.845. The fraction of sp³-hybridized carbons (Fsp3) is 0.667. The molecular weight excluding hydrogens is 311 g/mol. The monoisotopic (exact) mass is 324 g/mol. The van der Waals surface area contributed by atoms with Crippen LogP contribution in [0.4, 0.5) is 4.79 Å². The molecule has 15 heavy (non-hydrogen) atoms. The molecule has 0 aromatic rings. The molecule has 0 aliphatic carbocycles. The maximum absolute atomic E-state index is 11.8. The number of hydrogen-bond acceptors (Lipinski definition) is 3. The lowest BCUT2D eigenvalue weighted by molar-refractivity contribution is -0.134. The Morgan fingerprint density at radius 1 is 1.40 bits per heavy atom. The number of imide groups is 1. The number of ketones is 1. The van der Waals surface area contributed by atoms with Gasteiger partial charge in [-0.3, -0.25) is 14.5 Å². The summed E-state index contributed by atoms with van der Waals surface area (Å²) in [5.74, 6) is -0.434. The van der Waals surface area contributed by atoms with E-state index in [1.165, 1.54) is 4.90 Å². The minimum Gasteiger partial charge on any atom is -0.313 e. The highest BCUT2D eigenvalue weighted by Crippen LogP contribution is 2.25. The number of urea groups is 1. The van der Waals surface area contributed by atoms with E-state index in [9.17, 15) is 14.4 Å². The van der Waals surface area contributed by atoms with Crippen molar-refractivity contribution in [1.82, 2.24) is 9.80 Å². The molecule has 0 unspecified atom stereocenters. The Hall–Kier alpha value is -0.660. The van der Waals surface area contributed by atoms with Crippen molar-refractivity contribution in [2.45, 2.75) is 19.4 Å². The van der Waals surface area contributed by atoms with Crippen molar-refractivity contribution in [2.24, 2.45) is 0 Å². The molecule has 0 atom stereocenters. The van der Waals surface area contributed by atoms with Gasteiger partial charge in [-0.25, -0.2) is 4.79 Å². The van der Waals surface area contributed by atoms with E-state index in [0.29, 0.717) is 4.43 Å². The molecule has 3 amide bonds. The highest BCUT2D eigenvalue weighted by Gasteiger charge is 2.49. The summed E-state index contributed by atoms with van der Waals surface area (Å²) in [6.07, 6.45) is 0. The largest absolute Gasteiger partial charge is 0.327 e. The quantitative estimate of drug-likeness (QED) is 0.435. The highest BCUT2D eigenvalue weighted by molar-refractivity contribution is 14.1. The van der Waals surface area contributed by atoms with Crippen molar-refractivity contribution in [1.29, 1.82) is 0 Å². The number of carbonyl (C=O) groups excluding carboxylic acids is 3. The van der Waals surface area contributed by atoms with Crippen LogP contribution >= 0.6 is 22.6 Å². The molecule has 0 radical (unpaired) electrons. The van der Waals surface area contributed by atoms with Crippen molar-refractivity contribution < 1.29 is 14.4 Å². The van der Waals surface area contributed by atoms with Gasteiger partial charge in [0, 0.05) is 7.05 Å². The van der Waals surface area contributed by atoms with Crippen LogP contribution in [0.3, 0.4) is 0 Å². The maximum atomic E-state index is 11.8. The minimum absolute atomic E-state index is 0.117. The normalized spacial score (nSPS) is 20.0. The van der Waals surface area contributed by atoms with Gasteiger partial charge in [-0.05, 0) is 13.8 Å². The number of alkyl halides is 1. The Morgan fingerprint density at radius 3 is 2.27 bits per heavy atom. The second-order valence-corrected chi connectivity index (χ2v) is 4.73. The third-order valence-corrected chi connectivity index (χ3v) is 3.46. The first kappa shape index (κ1) is 12.4. The van der Waals surface area contributed by atoms with Crippen molar-refractivity contribution in [3.05, 3.63) is 0 Å². The summed E-state index contributed by atoms with van der Waals surface area (Å²) in [5.41, 5.74) is -0.845. The van der Waals surface area contributed by atoms with Gasteiger partial charge in [0.25, 0.3) is 5.91 Å². The summed E-state index contributed by atoms with van der Waals surface area (Å²) in [7, 11) is 1.56. The molecule has 5 nitrogen and oxygen atoms in total. The second kappa shape index (κ2) is 4.07. The smallest absolute Gasteiger partial charge is 0.313 e. The number of carbonyl (C=O) groups is 3. The van der Waals surface area contributed by atoms with Crippen LogP contribution in [0.2, 0.25) is 0 Å². The van der Waals surface area contributed by atoms with Crippen LogP contribution in [0.5, 0.6) is 0 Å². The summed E-state index contributed by atoms with van der Waals surface area (Å²) in [5, 5.41) is 0. The second-order valence-electron chi connectivity index (χ2n) is 3.96. The number of amides is 3. The summed E-state index contributed by atoms with van der Waals surface area (Å²) in [6.45, 7) is 3.22. The number of nitrogens with zero attached hydrogens (tertiary/aromatic N) is 2. The SMILES string of the molecule is CN1C(=O)N(CC(=O)CI)C(=O)C1(C)C. The summed E-state index contributed by atoms with van der Waals surface area (Å²) < 4.78 is 0.305. The van der Waals surface area contributed by atoms with E-state index in [0.717, 1.165) is 4.90 Å². The first-order valence-electron chi connectivity index (χ1n) is 4.49. The van der Waals surface area contributed by atoms with Crippen LogP contribution in [0.1, 0.15) is 13.8 Å². The van der Waals surface area contributed by atoms with Crippen molar-refractivity contribution in [2.75, 3.05) is 18.0 Å². The molecule has 1 aliphatic rings. The number of likely N-dealkylation sites (N-methyl/N-ethyl adjacent to an activating group) is 1. The van der Waals surface area contributed by atoms with Crippen LogP contribution in [0.25, 0.3) is 0 Å². The molecule has 1 fully saturated rings. The Kier molecular flexibility index (Phi) is 3.37. The van der Waals surface area contributed by atoms with E-state index < -0.39 is 11.6 Å². The van der Waals surface area contributed by atoms with Gasteiger partial charge in [-0.1, -0.05) is 22.6 Å². The first-order valence-corrected chi connectivity index (χ1v) is 6.02. The van der Waals surface area contributed by atoms with E-state index in [1.807, 2.05) is 22.6 Å². The summed E-state index contributed by atoms with van der Waals surface area (Å²) in [4.78, 5) is 37.0. The molecule has 84 valence electrons. The Labute approximate surface area is 102 Å². The predicted molar refractivity (Wildman–Crippen MR) is 62.8 cm³/mol. The fourth-order valence-corrected chi connectivity index (χ4v) is 1.58. The van der Waals surface area contributed by atoms with Gasteiger partial charge in [0.15, 0.2) is 5.78 Å². The molecule has 1 saturated heterocycles. The lowest BCUT2D eigenvalue weighted by Gasteiger charge is -2.22. The van der Waals surface area contributed by atoms with Crippen molar-refractivity contribution in [3.8, 4) is 0 Å². The van der Waals surface area contributed by atoms with Gasteiger partial charge < -0.3 is 4.90 Å². The fourth-order valence-electron chi connectivity index (χ4n) is 1.34. The molecule has 0 aromatic carbocycles. The number of Topliss-reactive ketones (excluding diaryl/α,β-unsaturated/α-hetero) is 1. The van der Waals surface area contributed by atoms with E-state index in [1.54, 1.807) is 20.9 Å². The molecule has 0 bridgehead atoms. The first-order chi connectivity index (χ1) is 6.82. The molecule has 0 saturated carbocycles. The van der Waals surface area contributed by atoms with Gasteiger partial charge in [-0.15, -0.1) is 0 Å². The summed E-state index contributed by atoms with van der Waals surface area (Å²) >= 11 is 1.92. The molecule has 1 rings (SSSR count). The lowest BCUT2D eigenvalue weighted by atomic mass is 10.1. The Morgan fingerprint density at radius 2 is 1.93 bits per heavy atom. The van der Waals surface area contributed by atoms with Crippen LogP contribution < -0.4 is 0 Å². The van der Waals surface area contributed by atoms with E-state index in [2.05, 4.69) is 0 Å². The average Bonchev–Trinajstić information content (AvgIpc) is 2.33. The number of hydrogen-bond donors (Lipinski definition) is 0. The predicted octanol–water partition coefficient (Wildman–Crippen LogP) is 0.663. The van der Waals surface area contributed by atoms with Gasteiger partial charge >= 0.3 is 6.03 Å². The maximum Gasteiger partial charge on any atom is 0.327 e. The third kappa shape index (κ3) is 1.99. The summed E-state index contributed by atoms with van der Waals surface area (Å²) in [6, 6.07) is -0.400. The zero-order valence-corrected chi connectivity index (χ0v) is 11.1. The van der Waals surface area contributed by atoms with Crippen LogP contribution in [0.15, 0.2) is 0 Å². The Bertz CT molecular complexity index is 327. The molecule has 1 heterocycles. The standard InChI is InChI=1S/C9H13IN2O3/c1-9(2)7(14)12(5-6(13)4-10)8(15)11(9)3/h4-5H2,1-3H3. The highest BCUT2D eigenvalue weighted by atomic mass is 127. The van der Waals surface area contributed by atoms with Gasteiger partial charge in [0.05, 0.1) is 11.0 Å². The average molecular weight is 324 g/mol. The molecule has 0 spiro atoms. The van der Waals surface area contributed by atoms with Crippen LogP contribution in [0, 0.1) is 0 Å². The van der Waals surface area contributed by atoms with Crippen molar-refractivity contribution >= 4 is 40.3 Å². The van der Waals surface area contributed by atoms with E-state index in [4.69, 9.17) is 0 Å². The molecular formula is C9H13IN2O3. The molecule has 0 aromatic heterocycles. The molecule has 6 heteroatoms. The molecule has 1 aliphatic heterocycles. The zero-order valence-electron chi connectivity index (χ0n) is 8.91. The lowest BCUT2D eigenvalue weighted by Crippen LogP contribution is -2.42. The molecule has 0 N–H and O–H groups in total. The Balaban J connectivity index is 2.89. The topological polar surface area (TPSA) is 57.7 Å². The van der Waals surface area contributed by atoms with E-state index >= 15 is 0 Å². The zero-order chi connectivity index (χ0) is 11.8. The van der Waals surface area contributed by atoms with Gasteiger partial charge in [-0.2, -0.15) is 0 Å². The van der Waals surface area contributed by atoms with E-state index in [-0.39, 0.29) is 18.2 Å². The van der Waals surface area contributed by atoms with Crippen molar-refractivity contribution in [3.63, 3.8) is 0 Å². The van der Waals surface area contributed by atoms with Crippen LogP contribution in [-0.2, 0) is 9.59 Å². The van der Waals surface area contributed by atoms with Gasteiger partial charge in [0.2, 0.25) is 0 Å². The third-order valence-electron chi connectivity index (χ3n) is 2.61. The number of halogens is 1. The van der Waals surface area contributed by atoms with Gasteiger partial charge in [0.1, 0.15) is 5.54 Å². The van der Waals surface area contributed by atoms with Crippen LogP contribution in [-0.4, -0.2) is 51.1 Å². The number of rotatable bonds is 3.